The molecule has 0 unspecified atom stereocenters. The fourth-order valence-electron chi connectivity index (χ4n) is 4.62. The van der Waals surface area contributed by atoms with Crippen LogP contribution >= 0.6 is 0 Å². The molecule has 1 fully saturated rings. The molecule has 0 bridgehead atoms. The maximum absolute atomic E-state index is 12.9. The lowest BCUT2D eigenvalue weighted by Gasteiger charge is -2.45. The highest BCUT2D eigenvalue weighted by atomic mass is 19.4. The van der Waals surface area contributed by atoms with Crippen LogP contribution in [0.5, 0.6) is 0 Å². The Bertz CT molecular complexity index is 1130. The molecular formula is C28H30F3NO. The molecule has 4 rings (SSSR count). The van der Waals surface area contributed by atoms with Crippen molar-refractivity contribution in [2.45, 2.75) is 45.8 Å². The van der Waals surface area contributed by atoms with Crippen LogP contribution in [0.4, 0.5) is 13.2 Å². The number of rotatable bonds is 7. The highest BCUT2D eigenvalue weighted by Crippen LogP contribution is 2.34. The van der Waals surface area contributed by atoms with Gasteiger partial charge in [-0.05, 0) is 72.2 Å². The standard InChI is InChI=1S/C28H30F3NO/c1-18(2)32-16-23(17-32)19(3)7-14-27(33)22-10-13-26-21(15-22)5-4-6-25(26)20-8-11-24(12-9-20)28(29,30)31/h4-6,8-13,15,18-19,23H,7,14,16-17H2,1-3H3/t19-/m1/s1. The van der Waals surface area contributed by atoms with Gasteiger partial charge in [0.15, 0.2) is 5.78 Å². The minimum absolute atomic E-state index is 0.142. The Balaban J connectivity index is 1.46. The van der Waals surface area contributed by atoms with Gasteiger partial charge in [-0.25, -0.2) is 0 Å². The second kappa shape index (κ2) is 9.30. The van der Waals surface area contributed by atoms with E-state index in [1.165, 1.54) is 12.1 Å². The summed E-state index contributed by atoms with van der Waals surface area (Å²) in [6, 6.07) is 17.2. The van der Waals surface area contributed by atoms with Gasteiger partial charge in [-0.3, -0.25) is 4.79 Å². The smallest absolute Gasteiger partial charge is 0.300 e. The molecule has 2 nitrogen and oxygen atoms in total. The van der Waals surface area contributed by atoms with Gasteiger partial charge in [-0.2, -0.15) is 13.2 Å². The number of likely N-dealkylation sites (tertiary alicyclic amines) is 1. The highest BCUT2D eigenvalue weighted by Gasteiger charge is 2.32. The predicted octanol–water partition coefficient (Wildman–Crippen LogP) is 7.46. The molecule has 0 saturated carbocycles. The Morgan fingerprint density at radius 1 is 1.00 bits per heavy atom. The van der Waals surface area contributed by atoms with E-state index < -0.39 is 11.7 Å². The summed E-state index contributed by atoms with van der Waals surface area (Å²) in [5.74, 6) is 1.34. The molecule has 0 aliphatic carbocycles. The minimum Gasteiger partial charge on any atom is -0.300 e. The number of hydrogen-bond donors (Lipinski definition) is 0. The zero-order valence-electron chi connectivity index (χ0n) is 19.3. The second-order valence-electron chi connectivity index (χ2n) is 9.56. The van der Waals surface area contributed by atoms with Crippen molar-refractivity contribution in [3.05, 3.63) is 71.8 Å². The average molecular weight is 454 g/mol. The summed E-state index contributed by atoms with van der Waals surface area (Å²) in [6.45, 7) is 8.91. The lowest BCUT2D eigenvalue weighted by molar-refractivity contribution is -0.137. The number of nitrogens with zero attached hydrogens (tertiary/aromatic N) is 1. The van der Waals surface area contributed by atoms with Crippen LogP contribution in [0.1, 0.15) is 49.5 Å². The number of fused-ring (bicyclic) bond motifs is 1. The molecule has 1 aliphatic heterocycles. The van der Waals surface area contributed by atoms with Gasteiger partial charge in [0, 0.05) is 31.1 Å². The Morgan fingerprint density at radius 3 is 2.33 bits per heavy atom. The number of benzene rings is 3. The molecule has 33 heavy (non-hydrogen) atoms. The van der Waals surface area contributed by atoms with E-state index in [9.17, 15) is 18.0 Å². The van der Waals surface area contributed by atoms with Crippen molar-refractivity contribution in [2.24, 2.45) is 11.8 Å². The first-order valence-corrected chi connectivity index (χ1v) is 11.6. The Kier molecular flexibility index (Phi) is 6.62. The Hall–Kier alpha value is -2.66. The van der Waals surface area contributed by atoms with E-state index >= 15 is 0 Å². The van der Waals surface area contributed by atoms with E-state index in [1.807, 2.05) is 36.4 Å². The largest absolute Gasteiger partial charge is 0.416 e. The molecule has 0 radical (unpaired) electrons. The van der Waals surface area contributed by atoms with Crippen molar-refractivity contribution in [2.75, 3.05) is 13.1 Å². The van der Waals surface area contributed by atoms with Crippen LogP contribution in [0.2, 0.25) is 0 Å². The quantitative estimate of drug-likeness (QED) is 0.346. The molecule has 0 N–H and O–H groups in total. The summed E-state index contributed by atoms with van der Waals surface area (Å²) in [5, 5.41) is 1.84. The average Bonchev–Trinajstić information content (AvgIpc) is 2.75. The van der Waals surface area contributed by atoms with E-state index in [2.05, 4.69) is 25.7 Å². The molecule has 1 saturated heterocycles. The van der Waals surface area contributed by atoms with Crippen molar-refractivity contribution in [1.29, 1.82) is 0 Å². The predicted molar refractivity (Wildman–Crippen MR) is 127 cm³/mol. The lowest BCUT2D eigenvalue weighted by Crippen LogP contribution is -2.52. The van der Waals surface area contributed by atoms with Crippen LogP contribution in [-0.4, -0.2) is 29.8 Å². The zero-order valence-corrected chi connectivity index (χ0v) is 19.3. The number of halogens is 3. The third-order valence-corrected chi connectivity index (χ3v) is 7.03. The molecule has 174 valence electrons. The van der Waals surface area contributed by atoms with Crippen LogP contribution in [0.15, 0.2) is 60.7 Å². The normalized spacial score (nSPS) is 16.2. The van der Waals surface area contributed by atoms with E-state index in [-0.39, 0.29) is 5.78 Å². The summed E-state index contributed by atoms with van der Waals surface area (Å²) in [6.07, 6.45) is -2.93. The second-order valence-corrected chi connectivity index (χ2v) is 9.56. The monoisotopic (exact) mass is 453 g/mol. The third-order valence-electron chi connectivity index (χ3n) is 7.03. The molecule has 0 aromatic heterocycles. The first-order valence-electron chi connectivity index (χ1n) is 11.6. The maximum Gasteiger partial charge on any atom is 0.416 e. The van der Waals surface area contributed by atoms with Crippen molar-refractivity contribution < 1.29 is 18.0 Å². The van der Waals surface area contributed by atoms with E-state index in [0.717, 1.165) is 53.5 Å². The molecule has 0 spiro atoms. The molecule has 1 atom stereocenters. The molecule has 3 aromatic carbocycles. The summed E-state index contributed by atoms with van der Waals surface area (Å²) in [7, 11) is 0. The summed E-state index contributed by atoms with van der Waals surface area (Å²) >= 11 is 0. The van der Waals surface area contributed by atoms with Gasteiger partial charge in [0.1, 0.15) is 0 Å². The number of alkyl halides is 3. The number of ketones is 1. The van der Waals surface area contributed by atoms with Crippen LogP contribution in [0.3, 0.4) is 0 Å². The molecule has 0 amide bonds. The number of Topliss-reactive ketones (excluding diaryl/α,β-unsaturated/α-hetero) is 1. The highest BCUT2D eigenvalue weighted by molar-refractivity contribution is 6.03. The van der Waals surface area contributed by atoms with Gasteiger partial charge < -0.3 is 4.90 Å². The van der Waals surface area contributed by atoms with Crippen molar-refractivity contribution in [3.8, 4) is 11.1 Å². The van der Waals surface area contributed by atoms with Gasteiger partial charge in [-0.15, -0.1) is 0 Å². The lowest BCUT2D eigenvalue weighted by atomic mass is 9.82. The zero-order chi connectivity index (χ0) is 23.8. The number of carbonyl (C=O) groups is 1. The van der Waals surface area contributed by atoms with Crippen LogP contribution < -0.4 is 0 Å². The first-order chi connectivity index (χ1) is 15.6. The van der Waals surface area contributed by atoms with Crippen LogP contribution in [0, 0.1) is 11.8 Å². The maximum atomic E-state index is 12.9. The van der Waals surface area contributed by atoms with Crippen molar-refractivity contribution in [3.63, 3.8) is 0 Å². The first kappa shape index (κ1) is 23.5. The molecule has 3 aromatic rings. The van der Waals surface area contributed by atoms with E-state index in [1.54, 1.807) is 0 Å². The molecule has 1 aliphatic rings. The summed E-state index contributed by atoms with van der Waals surface area (Å²) in [5.41, 5.74) is 1.61. The Morgan fingerprint density at radius 2 is 1.70 bits per heavy atom. The molecular weight excluding hydrogens is 423 g/mol. The van der Waals surface area contributed by atoms with Gasteiger partial charge in [0.05, 0.1) is 5.56 Å². The Labute approximate surface area is 193 Å². The summed E-state index contributed by atoms with van der Waals surface area (Å²) in [4.78, 5) is 15.3. The minimum atomic E-state index is -4.35. The van der Waals surface area contributed by atoms with Gasteiger partial charge in [-0.1, -0.05) is 49.4 Å². The number of hydrogen-bond acceptors (Lipinski definition) is 2. The van der Waals surface area contributed by atoms with Crippen LogP contribution in [0.25, 0.3) is 21.9 Å². The number of carbonyl (C=O) groups excluding carboxylic acids is 1. The van der Waals surface area contributed by atoms with Crippen molar-refractivity contribution >= 4 is 16.6 Å². The summed E-state index contributed by atoms with van der Waals surface area (Å²) < 4.78 is 38.7. The van der Waals surface area contributed by atoms with Gasteiger partial charge in [0.2, 0.25) is 0 Å². The van der Waals surface area contributed by atoms with E-state index in [0.29, 0.717) is 29.9 Å². The topological polar surface area (TPSA) is 20.3 Å². The molecule has 5 heteroatoms. The third kappa shape index (κ3) is 5.14. The van der Waals surface area contributed by atoms with Crippen molar-refractivity contribution in [1.82, 2.24) is 4.90 Å². The van der Waals surface area contributed by atoms with Crippen LogP contribution in [-0.2, 0) is 6.18 Å². The molecule has 1 heterocycles. The fraction of sp³-hybridized carbons (Fsp3) is 0.393. The van der Waals surface area contributed by atoms with E-state index in [4.69, 9.17) is 0 Å². The fourth-order valence-corrected chi connectivity index (χ4v) is 4.62. The SMILES string of the molecule is CC(C)N1CC([C@H](C)CCC(=O)c2ccc3c(-c4ccc(C(F)(F)F)cc4)cccc3c2)C1. The van der Waals surface area contributed by atoms with Gasteiger partial charge in [0.25, 0.3) is 0 Å². The van der Waals surface area contributed by atoms with Gasteiger partial charge >= 0.3 is 6.18 Å².